The standard InChI is InChI=1S/C17H21N3O2.ClH/c1-11-3-2-4-13-15(11)20-14(22-13)5-7-19-16(21)12-9-17(12)6-8-18-10-17;/h2-4,12,18H,5-10H2,1H3,(H,19,21);1H. The van der Waals surface area contributed by atoms with Crippen LogP contribution >= 0.6 is 12.4 Å². The molecule has 2 N–H and O–H groups in total. The molecule has 1 amide bonds. The summed E-state index contributed by atoms with van der Waals surface area (Å²) >= 11 is 0. The highest BCUT2D eigenvalue weighted by molar-refractivity contribution is 5.85. The van der Waals surface area contributed by atoms with Crippen molar-refractivity contribution in [2.45, 2.75) is 26.2 Å². The summed E-state index contributed by atoms with van der Waals surface area (Å²) < 4.78 is 5.73. The molecule has 2 atom stereocenters. The van der Waals surface area contributed by atoms with Crippen LogP contribution in [0.5, 0.6) is 0 Å². The lowest BCUT2D eigenvalue weighted by molar-refractivity contribution is -0.123. The first-order valence-electron chi connectivity index (χ1n) is 8.01. The Morgan fingerprint density at radius 2 is 2.39 bits per heavy atom. The number of carbonyl (C=O) groups excluding carboxylic acids is 1. The zero-order valence-corrected chi connectivity index (χ0v) is 14.0. The van der Waals surface area contributed by atoms with Crippen LogP contribution in [-0.2, 0) is 11.2 Å². The van der Waals surface area contributed by atoms with Crippen LogP contribution in [0.2, 0.25) is 0 Å². The van der Waals surface area contributed by atoms with Gasteiger partial charge in [-0.25, -0.2) is 4.98 Å². The van der Waals surface area contributed by atoms with Gasteiger partial charge in [-0.3, -0.25) is 4.79 Å². The molecule has 1 saturated heterocycles. The Hall–Kier alpha value is -1.59. The third-order valence-electron chi connectivity index (χ3n) is 5.09. The lowest BCUT2D eigenvalue weighted by Crippen LogP contribution is -2.29. The Labute approximate surface area is 141 Å². The van der Waals surface area contributed by atoms with E-state index in [1.54, 1.807) is 0 Å². The molecule has 23 heavy (non-hydrogen) atoms. The molecule has 1 spiro atoms. The normalized spacial score (nSPS) is 25.5. The summed E-state index contributed by atoms with van der Waals surface area (Å²) in [5, 5.41) is 6.39. The number of halogens is 1. The molecule has 5 nitrogen and oxygen atoms in total. The number of hydrogen-bond donors (Lipinski definition) is 2. The molecule has 1 saturated carbocycles. The maximum Gasteiger partial charge on any atom is 0.223 e. The molecule has 2 aliphatic rings. The second-order valence-electron chi connectivity index (χ2n) is 6.62. The molecule has 2 aromatic rings. The van der Waals surface area contributed by atoms with Crippen molar-refractivity contribution in [2.75, 3.05) is 19.6 Å². The molecule has 2 fully saturated rings. The Bertz CT molecular complexity index is 722. The van der Waals surface area contributed by atoms with Gasteiger partial charge in [0.2, 0.25) is 5.91 Å². The maximum absolute atomic E-state index is 12.2. The van der Waals surface area contributed by atoms with Crippen LogP contribution in [0.15, 0.2) is 22.6 Å². The van der Waals surface area contributed by atoms with Crippen molar-refractivity contribution >= 4 is 29.4 Å². The topological polar surface area (TPSA) is 67.2 Å². The number of nitrogens with one attached hydrogen (secondary N) is 2. The molecule has 1 aromatic carbocycles. The molecule has 1 aromatic heterocycles. The van der Waals surface area contributed by atoms with E-state index in [0.29, 0.717) is 18.9 Å². The van der Waals surface area contributed by atoms with Gasteiger partial charge in [-0.15, -0.1) is 12.4 Å². The zero-order valence-electron chi connectivity index (χ0n) is 13.2. The molecular formula is C17H22ClN3O2. The molecular weight excluding hydrogens is 314 g/mol. The smallest absolute Gasteiger partial charge is 0.223 e. The lowest BCUT2D eigenvalue weighted by Gasteiger charge is -2.07. The van der Waals surface area contributed by atoms with Gasteiger partial charge in [0.1, 0.15) is 5.52 Å². The fourth-order valence-electron chi connectivity index (χ4n) is 3.61. The van der Waals surface area contributed by atoms with Crippen LogP contribution in [0, 0.1) is 18.3 Å². The van der Waals surface area contributed by atoms with Gasteiger partial charge in [-0.2, -0.15) is 0 Å². The Balaban J connectivity index is 0.00000156. The number of carbonyl (C=O) groups is 1. The van der Waals surface area contributed by atoms with E-state index in [2.05, 4.69) is 15.6 Å². The predicted molar refractivity (Wildman–Crippen MR) is 90.7 cm³/mol. The first-order valence-corrected chi connectivity index (χ1v) is 8.01. The number of aromatic nitrogens is 1. The minimum Gasteiger partial charge on any atom is -0.441 e. The average molecular weight is 336 g/mol. The molecule has 6 heteroatoms. The number of amides is 1. The van der Waals surface area contributed by atoms with E-state index in [1.165, 1.54) is 0 Å². The van der Waals surface area contributed by atoms with E-state index in [1.807, 2.05) is 25.1 Å². The van der Waals surface area contributed by atoms with Gasteiger partial charge >= 0.3 is 0 Å². The lowest BCUT2D eigenvalue weighted by atomic mass is 10.0. The molecule has 2 heterocycles. The van der Waals surface area contributed by atoms with Crippen molar-refractivity contribution in [3.63, 3.8) is 0 Å². The number of hydrogen-bond acceptors (Lipinski definition) is 4. The van der Waals surface area contributed by atoms with Gasteiger partial charge < -0.3 is 15.1 Å². The second kappa shape index (κ2) is 6.13. The minimum absolute atomic E-state index is 0. The largest absolute Gasteiger partial charge is 0.441 e. The highest BCUT2D eigenvalue weighted by Crippen LogP contribution is 2.56. The van der Waals surface area contributed by atoms with Gasteiger partial charge in [0, 0.05) is 25.4 Å². The summed E-state index contributed by atoms with van der Waals surface area (Å²) in [5.41, 5.74) is 3.12. The average Bonchev–Trinajstić information content (AvgIpc) is 2.84. The Morgan fingerprint density at radius 3 is 3.13 bits per heavy atom. The molecule has 0 radical (unpaired) electrons. The SMILES string of the molecule is Cc1cccc2oc(CCNC(=O)C3CC34CCNC4)nc12.Cl. The summed E-state index contributed by atoms with van der Waals surface area (Å²) in [6.07, 6.45) is 2.81. The van der Waals surface area contributed by atoms with E-state index in [4.69, 9.17) is 4.42 Å². The summed E-state index contributed by atoms with van der Waals surface area (Å²) in [4.78, 5) is 16.7. The fourth-order valence-corrected chi connectivity index (χ4v) is 3.61. The Morgan fingerprint density at radius 1 is 1.52 bits per heavy atom. The summed E-state index contributed by atoms with van der Waals surface area (Å²) in [6, 6.07) is 5.92. The van der Waals surface area contributed by atoms with Crippen molar-refractivity contribution in [3.8, 4) is 0 Å². The maximum atomic E-state index is 12.2. The van der Waals surface area contributed by atoms with Crippen LogP contribution < -0.4 is 10.6 Å². The monoisotopic (exact) mass is 335 g/mol. The minimum atomic E-state index is 0. The number of benzene rings is 1. The number of nitrogens with zero attached hydrogens (tertiary/aromatic N) is 1. The van der Waals surface area contributed by atoms with Crippen LogP contribution in [0.3, 0.4) is 0 Å². The summed E-state index contributed by atoms with van der Waals surface area (Å²) in [5.74, 6) is 1.09. The fraction of sp³-hybridized carbons (Fsp3) is 0.529. The van der Waals surface area contributed by atoms with Gasteiger partial charge in [0.15, 0.2) is 11.5 Å². The van der Waals surface area contributed by atoms with Crippen molar-refractivity contribution < 1.29 is 9.21 Å². The van der Waals surface area contributed by atoms with E-state index >= 15 is 0 Å². The van der Waals surface area contributed by atoms with Gasteiger partial charge in [0.05, 0.1) is 0 Å². The Kier molecular flexibility index (Phi) is 4.34. The zero-order chi connectivity index (χ0) is 15.2. The number of para-hydroxylation sites is 1. The quantitative estimate of drug-likeness (QED) is 0.899. The van der Waals surface area contributed by atoms with E-state index in [9.17, 15) is 4.79 Å². The van der Waals surface area contributed by atoms with E-state index in [-0.39, 0.29) is 29.6 Å². The molecule has 124 valence electrons. The van der Waals surface area contributed by atoms with Gasteiger partial charge in [-0.1, -0.05) is 12.1 Å². The van der Waals surface area contributed by atoms with Crippen molar-refractivity contribution in [3.05, 3.63) is 29.7 Å². The third-order valence-corrected chi connectivity index (χ3v) is 5.09. The third kappa shape index (κ3) is 2.95. The number of rotatable bonds is 4. The predicted octanol–water partition coefficient (Wildman–Crippen LogP) is 2.22. The summed E-state index contributed by atoms with van der Waals surface area (Å²) in [6.45, 7) is 4.66. The van der Waals surface area contributed by atoms with Crippen LogP contribution in [0.1, 0.15) is 24.3 Å². The van der Waals surface area contributed by atoms with E-state index in [0.717, 1.165) is 42.6 Å². The molecule has 1 aliphatic carbocycles. The molecule has 0 bridgehead atoms. The van der Waals surface area contributed by atoms with Crippen molar-refractivity contribution in [2.24, 2.45) is 11.3 Å². The van der Waals surface area contributed by atoms with Crippen LogP contribution in [0.4, 0.5) is 0 Å². The van der Waals surface area contributed by atoms with Crippen LogP contribution in [0.25, 0.3) is 11.1 Å². The number of fused-ring (bicyclic) bond motifs is 1. The van der Waals surface area contributed by atoms with Gasteiger partial charge in [-0.05, 0) is 43.4 Å². The first kappa shape index (κ1) is 16.3. The number of aryl methyl sites for hydroxylation is 1. The van der Waals surface area contributed by atoms with Gasteiger partial charge in [0.25, 0.3) is 0 Å². The highest BCUT2D eigenvalue weighted by atomic mass is 35.5. The van der Waals surface area contributed by atoms with E-state index < -0.39 is 0 Å². The second-order valence-corrected chi connectivity index (χ2v) is 6.62. The highest BCUT2D eigenvalue weighted by Gasteiger charge is 2.58. The first-order chi connectivity index (χ1) is 10.7. The number of oxazole rings is 1. The molecule has 2 unspecified atom stereocenters. The molecule has 1 aliphatic heterocycles. The van der Waals surface area contributed by atoms with Crippen molar-refractivity contribution in [1.29, 1.82) is 0 Å². The van der Waals surface area contributed by atoms with Crippen LogP contribution in [-0.4, -0.2) is 30.5 Å². The molecule has 4 rings (SSSR count). The van der Waals surface area contributed by atoms with Crippen molar-refractivity contribution in [1.82, 2.24) is 15.6 Å². The summed E-state index contributed by atoms with van der Waals surface area (Å²) in [7, 11) is 0.